The van der Waals surface area contributed by atoms with E-state index in [0.29, 0.717) is 41.7 Å². The fourth-order valence-corrected chi connectivity index (χ4v) is 10.5. The van der Waals surface area contributed by atoms with Gasteiger partial charge in [-0.3, -0.25) is 4.90 Å². The molecule has 1 aromatic heterocycles. The van der Waals surface area contributed by atoms with Crippen LogP contribution in [0.5, 0.6) is 0 Å². The zero-order chi connectivity index (χ0) is 27.7. The lowest BCUT2D eigenvalue weighted by molar-refractivity contribution is -0.129. The summed E-state index contributed by atoms with van der Waals surface area (Å²) in [5.41, 5.74) is 1.31. The second-order valence-electron chi connectivity index (χ2n) is 14.5. The van der Waals surface area contributed by atoms with Crippen LogP contribution < -0.4 is 16.3 Å². The Hall–Kier alpha value is -1.90. The number of piperazine rings is 1. The van der Waals surface area contributed by atoms with Gasteiger partial charge in [-0.25, -0.2) is 9.59 Å². The average Bonchev–Trinajstić information content (AvgIpc) is 3.60. The summed E-state index contributed by atoms with van der Waals surface area (Å²) >= 11 is 0. The molecule has 8 heteroatoms. The largest absolute Gasteiger partial charge is 0.431 e. The lowest BCUT2D eigenvalue weighted by Crippen LogP contribution is -2.59. The van der Waals surface area contributed by atoms with Crippen LogP contribution in [0.25, 0.3) is 0 Å². The molecule has 3 heterocycles. The van der Waals surface area contributed by atoms with Gasteiger partial charge in [0.1, 0.15) is 5.60 Å². The third-order valence-electron chi connectivity index (χ3n) is 12.9. The summed E-state index contributed by atoms with van der Waals surface area (Å²) in [6.45, 7) is 11.1. The summed E-state index contributed by atoms with van der Waals surface area (Å²) < 4.78 is 12.0. The topological polar surface area (TPSA) is 90.4 Å². The van der Waals surface area contributed by atoms with Crippen molar-refractivity contribution in [3.05, 3.63) is 34.4 Å². The van der Waals surface area contributed by atoms with E-state index < -0.39 is 0 Å². The van der Waals surface area contributed by atoms with Crippen LogP contribution in [0.15, 0.2) is 27.6 Å². The van der Waals surface area contributed by atoms with Crippen molar-refractivity contribution in [2.24, 2.45) is 28.6 Å². The molecule has 40 heavy (non-hydrogen) atoms. The van der Waals surface area contributed by atoms with E-state index in [2.05, 4.69) is 41.3 Å². The lowest BCUT2D eigenvalue weighted by atomic mass is 9.44. The molecule has 220 valence electrons. The van der Waals surface area contributed by atoms with E-state index in [1.54, 1.807) is 12.3 Å². The average molecular weight is 553 g/mol. The van der Waals surface area contributed by atoms with E-state index in [1.165, 1.54) is 37.7 Å². The summed E-state index contributed by atoms with van der Waals surface area (Å²) in [6.07, 6.45) is 11.4. The number of likely N-dealkylation sites (N-methyl/N-ethyl adjacent to an activating group) is 1. The number of nitrogens with one attached hydrogen (secondary N) is 2. The number of nitrogens with zero attached hydrogens (tertiary/aromatic N) is 2. The monoisotopic (exact) mass is 552 g/mol. The Morgan fingerprint density at radius 3 is 2.62 bits per heavy atom. The molecule has 9 atom stereocenters. The molecule has 8 nitrogen and oxygen atoms in total. The van der Waals surface area contributed by atoms with Gasteiger partial charge in [0.05, 0.1) is 12.4 Å². The van der Waals surface area contributed by atoms with E-state index in [9.17, 15) is 9.59 Å². The zero-order valence-electron chi connectivity index (χ0n) is 24.6. The summed E-state index contributed by atoms with van der Waals surface area (Å²) in [5.74, 6) is 2.37. The number of urea groups is 1. The number of epoxide rings is 1. The molecule has 2 amide bonds. The molecular weight excluding hydrogens is 504 g/mol. The minimum atomic E-state index is -0.272. The Morgan fingerprint density at radius 1 is 1.02 bits per heavy atom. The molecule has 4 aliphatic carbocycles. The number of amides is 2. The molecule has 1 aromatic rings. The molecule has 2 saturated heterocycles. The molecule has 6 fully saturated rings. The van der Waals surface area contributed by atoms with Gasteiger partial charge in [0.25, 0.3) is 0 Å². The van der Waals surface area contributed by atoms with Gasteiger partial charge in [-0.15, -0.1) is 0 Å². The van der Waals surface area contributed by atoms with Gasteiger partial charge in [-0.1, -0.05) is 13.8 Å². The third kappa shape index (κ3) is 4.18. The van der Waals surface area contributed by atoms with Crippen molar-refractivity contribution in [1.82, 2.24) is 20.4 Å². The zero-order valence-corrected chi connectivity index (χ0v) is 24.6. The fourth-order valence-electron chi connectivity index (χ4n) is 10.5. The first-order valence-electron chi connectivity index (χ1n) is 15.9. The standard InChI is InChI=1S/C32H48N4O4/c1-30-10-8-23(34-29(38)33-12-13-36-16-14-35(3)15-17-36)18-22(30)5-6-25-24(30)9-11-31(2)26(19-27-32(25,31)40-27)21-4-7-28(37)39-20-21/h4,7,20,22-27H,5-6,8-19H2,1-3H3,(H2,33,34,38)/t22-,23+,24+,25-,26-,27-,30+,31-,32-/m1/s1. The second-order valence-corrected chi connectivity index (χ2v) is 14.5. The van der Waals surface area contributed by atoms with Gasteiger partial charge in [-0.2, -0.15) is 0 Å². The number of hydrogen-bond acceptors (Lipinski definition) is 6. The Labute approximate surface area is 238 Å². The first kappa shape index (κ1) is 27.0. The lowest BCUT2D eigenvalue weighted by Gasteiger charge is -2.61. The quantitative estimate of drug-likeness (QED) is 0.540. The van der Waals surface area contributed by atoms with Crippen LogP contribution >= 0.6 is 0 Å². The summed E-state index contributed by atoms with van der Waals surface area (Å²) in [7, 11) is 2.17. The molecule has 0 radical (unpaired) electrons. The SMILES string of the molecule is CN1CCN(CCNC(=O)N[C@H]2CC[C@@]3(C)[C@H](CC[C@@H]4[C@@H]3CC[C@]3(C)[C@@H](c5ccc(=O)oc5)C[C@H]5O[C@]453)C2)CC1. The molecule has 6 aliphatic rings. The Morgan fingerprint density at radius 2 is 1.85 bits per heavy atom. The van der Waals surface area contributed by atoms with Crippen LogP contribution in [0, 0.1) is 28.6 Å². The van der Waals surface area contributed by atoms with E-state index in [0.717, 1.165) is 52.0 Å². The summed E-state index contributed by atoms with van der Waals surface area (Å²) in [5, 5.41) is 6.47. The predicted molar refractivity (Wildman–Crippen MR) is 153 cm³/mol. The van der Waals surface area contributed by atoms with E-state index in [1.807, 2.05) is 6.07 Å². The first-order valence-corrected chi connectivity index (χ1v) is 15.9. The number of fused-ring (bicyclic) bond motifs is 3. The molecule has 2 aliphatic heterocycles. The highest BCUT2D eigenvalue weighted by molar-refractivity contribution is 5.74. The summed E-state index contributed by atoms with van der Waals surface area (Å²) in [6, 6.07) is 3.85. The van der Waals surface area contributed by atoms with Gasteiger partial charge in [0.15, 0.2) is 0 Å². The molecule has 1 spiro atoms. The van der Waals surface area contributed by atoms with Crippen molar-refractivity contribution in [3.8, 4) is 0 Å². The van der Waals surface area contributed by atoms with Crippen molar-refractivity contribution < 1.29 is 13.9 Å². The summed E-state index contributed by atoms with van der Waals surface area (Å²) in [4.78, 5) is 29.2. The first-order chi connectivity index (χ1) is 19.2. The number of ether oxygens (including phenoxy) is 1. The normalized spacial score (nSPS) is 44.6. The van der Waals surface area contributed by atoms with Crippen LogP contribution in [-0.4, -0.2) is 79.9 Å². The van der Waals surface area contributed by atoms with E-state index in [-0.39, 0.29) is 28.7 Å². The third-order valence-corrected chi connectivity index (χ3v) is 12.9. The van der Waals surface area contributed by atoms with E-state index in [4.69, 9.17) is 9.15 Å². The number of carbonyl (C=O) groups excluding carboxylic acids is 1. The Kier molecular flexibility index (Phi) is 6.63. The molecule has 0 aromatic carbocycles. The van der Waals surface area contributed by atoms with Crippen LogP contribution in [0.1, 0.15) is 76.7 Å². The van der Waals surface area contributed by atoms with Crippen molar-refractivity contribution in [3.63, 3.8) is 0 Å². The molecule has 0 bridgehead atoms. The van der Waals surface area contributed by atoms with Crippen LogP contribution in [0.2, 0.25) is 0 Å². The molecule has 7 rings (SSSR count). The smallest absolute Gasteiger partial charge is 0.335 e. The van der Waals surface area contributed by atoms with Crippen molar-refractivity contribution in [2.45, 2.75) is 88.9 Å². The van der Waals surface area contributed by atoms with Crippen LogP contribution in [0.3, 0.4) is 0 Å². The maximum atomic E-state index is 12.8. The van der Waals surface area contributed by atoms with Gasteiger partial charge in [0.2, 0.25) is 0 Å². The number of hydrogen-bond donors (Lipinski definition) is 2. The highest BCUT2D eigenvalue weighted by Crippen LogP contribution is 2.77. The molecule has 2 N–H and O–H groups in total. The number of carbonyl (C=O) groups is 1. The Bertz CT molecular complexity index is 1160. The highest BCUT2D eigenvalue weighted by Gasteiger charge is 2.80. The van der Waals surface area contributed by atoms with Crippen molar-refractivity contribution >= 4 is 6.03 Å². The van der Waals surface area contributed by atoms with Gasteiger partial charge in [0, 0.05) is 56.8 Å². The maximum Gasteiger partial charge on any atom is 0.335 e. The molecule has 0 unspecified atom stereocenters. The van der Waals surface area contributed by atoms with Crippen molar-refractivity contribution in [1.29, 1.82) is 0 Å². The van der Waals surface area contributed by atoms with Crippen LogP contribution in [0.4, 0.5) is 4.79 Å². The number of rotatable bonds is 5. The molecule has 4 saturated carbocycles. The fraction of sp³-hybridized carbons (Fsp3) is 0.812. The predicted octanol–water partition coefficient (Wildman–Crippen LogP) is 3.81. The second kappa shape index (κ2) is 9.84. The minimum absolute atomic E-state index is 0.00621. The van der Waals surface area contributed by atoms with Gasteiger partial charge in [-0.05, 0) is 99.1 Å². The van der Waals surface area contributed by atoms with Crippen LogP contribution in [-0.2, 0) is 4.74 Å². The highest BCUT2D eigenvalue weighted by atomic mass is 16.6. The molecular formula is C32H48N4O4. The minimum Gasteiger partial charge on any atom is -0.431 e. The van der Waals surface area contributed by atoms with E-state index >= 15 is 0 Å². The van der Waals surface area contributed by atoms with Gasteiger partial charge < -0.3 is 24.7 Å². The van der Waals surface area contributed by atoms with Gasteiger partial charge >= 0.3 is 11.7 Å². The van der Waals surface area contributed by atoms with Crippen molar-refractivity contribution in [2.75, 3.05) is 46.3 Å². The Balaban J connectivity index is 0.967. The maximum absolute atomic E-state index is 12.8.